The van der Waals surface area contributed by atoms with Gasteiger partial charge in [0, 0.05) is 4.88 Å². The van der Waals surface area contributed by atoms with Gasteiger partial charge in [-0.3, -0.25) is 4.79 Å². The number of furan rings is 1. The molecule has 3 aromatic rings. The first-order valence-corrected chi connectivity index (χ1v) is 12.7. The Kier molecular flexibility index (Phi) is 6.21. The normalized spacial score (nSPS) is 13.4. The number of amides is 1. The third kappa shape index (κ3) is 4.22. The second-order valence-corrected chi connectivity index (χ2v) is 10.5. The van der Waals surface area contributed by atoms with E-state index < -0.39 is 21.7 Å². The maximum atomic E-state index is 12.8. The van der Waals surface area contributed by atoms with Crippen LogP contribution < -0.4 is 5.32 Å². The zero-order chi connectivity index (χ0) is 22.9. The van der Waals surface area contributed by atoms with Gasteiger partial charge in [0.05, 0.1) is 17.1 Å². The lowest BCUT2D eigenvalue weighted by Gasteiger charge is -2.12. The van der Waals surface area contributed by atoms with Crippen molar-refractivity contribution in [3.05, 3.63) is 63.7 Å². The molecule has 0 aliphatic heterocycles. The summed E-state index contributed by atoms with van der Waals surface area (Å²) in [5, 5.41) is 2.81. The third-order valence-electron chi connectivity index (χ3n) is 5.28. The monoisotopic (exact) mass is 473 g/mol. The number of nitrogens with one attached hydrogen (secondary N) is 1. The van der Waals surface area contributed by atoms with Gasteiger partial charge in [-0.1, -0.05) is 17.7 Å². The van der Waals surface area contributed by atoms with E-state index in [0.717, 1.165) is 41.7 Å². The van der Waals surface area contributed by atoms with Gasteiger partial charge in [-0.25, -0.2) is 13.2 Å². The standard InChI is InChI=1S/C23H23NO6S2/c1-3-29-23(26)20-16-6-4-5-7-18(16)31-22(20)24-21(25)17-12-13-19(30-17)32(27,28)15-10-8-14(2)9-11-15/h8-13H,3-7H2,1-2H3,(H,24,25). The van der Waals surface area contributed by atoms with Gasteiger partial charge in [-0.05, 0) is 69.4 Å². The molecule has 2 aromatic heterocycles. The topological polar surface area (TPSA) is 103 Å². The number of hydrogen-bond donors (Lipinski definition) is 1. The van der Waals surface area contributed by atoms with E-state index >= 15 is 0 Å². The number of esters is 1. The van der Waals surface area contributed by atoms with Crippen molar-refractivity contribution in [1.29, 1.82) is 0 Å². The van der Waals surface area contributed by atoms with E-state index in [4.69, 9.17) is 9.15 Å². The Balaban J connectivity index is 1.61. The van der Waals surface area contributed by atoms with Crippen LogP contribution in [-0.2, 0) is 27.4 Å². The number of benzene rings is 1. The van der Waals surface area contributed by atoms with Crippen LogP contribution >= 0.6 is 11.3 Å². The van der Waals surface area contributed by atoms with Gasteiger partial charge in [-0.2, -0.15) is 0 Å². The molecule has 0 atom stereocenters. The summed E-state index contributed by atoms with van der Waals surface area (Å²) in [7, 11) is -3.89. The molecule has 168 valence electrons. The third-order valence-corrected chi connectivity index (χ3v) is 8.13. The summed E-state index contributed by atoms with van der Waals surface area (Å²) < 4.78 is 36.2. The van der Waals surface area contributed by atoms with E-state index in [2.05, 4.69) is 5.32 Å². The van der Waals surface area contributed by atoms with Crippen molar-refractivity contribution in [3.8, 4) is 0 Å². The van der Waals surface area contributed by atoms with Crippen LogP contribution in [0.15, 0.2) is 50.8 Å². The highest BCUT2D eigenvalue weighted by molar-refractivity contribution is 7.91. The number of fused-ring (bicyclic) bond motifs is 1. The molecule has 1 aliphatic carbocycles. The quantitative estimate of drug-likeness (QED) is 0.517. The smallest absolute Gasteiger partial charge is 0.341 e. The molecule has 0 fully saturated rings. The Hall–Kier alpha value is -2.91. The number of rotatable bonds is 6. The van der Waals surface area contributed by atoms with Crippen LogP contribution in [-0.4, -0.2) is 26.9 Å². The molecule has 0 unspecified atom stereocenters. The molecule has 7 nitrogen and oxygen atoms in total. The molecule has 32 heavy (non-hydrogen) atoms. The number of anilines is 1. The van der Waals surface area contributed by atoms with Crippen molar-refractivity contribution in [2.24, 2.45) is 0 Å². The molecule has 1 amide bonds. The lowest BCUT2D eigenvalue weighted by molar-refractivity contribution is 0.0526. The Morgan fingerprint density at radius 1 is 1.09 bits per heavy atom. The van der Waals surface area contributed by atoms with Crippen molar-refractivity contribution in [1.82, 2.24) is 0 Å². The number of thiophene rings is 1. The van der Waals surface area contributed by atoms with Crippen LogP contribution in [0.2, 0.25) is 0 Å². The summed E-state index contributed by atoms with van der Waals surface area (Å²) in [6.07, 6.45) is 3.61. The van der Waals surface area contributed by atoms with Gasteiger partial charge in [0.2, 0.25) is 14.9 Å². The molecule has 0 bridgehead atoms. The summed E-state index contributed by atoms with van der Waals surface area (Å²) >= 11 is 1.36. The fraction of sp³-hybridized carbons (Fsp3) is 0.304. The van der Waals surface area contributed by atoms with Crippen molar-refractivity contribution < 1.29 is 27.2 Å². The molecular weight excluding hydrogens is 450 g/mol. The van der Waals surface area contributed by atoms with Crippen molar-refractivity contribution >= 4 is 38.1 Å². The minimum atomic E-state index is -3.89. The highest BCUT2D eigenvalue weighted by atomic mass is 32.2. The predicted octanol–water partition coefficient (Wildman–Crippen LogP) is 4.79. The van der Waals surface area contributed by atoms with E-state index in [1.165, 1.54) is 35.6 Å². The Morgan fingerprint density at radius 3 is 2.53 bits per heavy atom. The molecule has 1 aromatic carbocycles. The predicted molar refractivity (Wildman–Crippen MR) is 120 cm³/mol. The molecule has 2 heterocycles. The number of sulfone groups is 1. The second kappa shape index (κ2) is 8.91. The van der Waals surface area contributed by atoms with Crippen molar-refractivity contribution in [2.45, 2.75) is 49.5 Å². The minimum Gasteiger partial charge on any atom is -0.462 e. The van der Waals surface area contributed by atoms with Gasteiger partial charge in [0.15, 0.2) is 5.76 Å². The van der Waals surface area contributed by atoms with E-state index in [9.17, 15) is 18.0 Å². The number of carbonyl (C=O) groups is 2. The SMILES string of the molecule is CCOC(=O)c1c(NC(=O)c2ccc(S(=O)(=O)c3ccc(C)cc3)o2)sc2c1CCCC2. The van der Waals surface area contributed by atoms with Gasteiger partial charge < -0.3 is 14.5 Å². The zero-order valence-electron chi connectivity index (χ0n) is 17.8. The largest absolute Gasteiger partial charge is 0.462 e. The van der Waals surface area contributed by atoms with Crippen molar-refractivity contribution in [3.63, 3.8) is 0 Å². The minimum absolute atomic E-state index is 0.0833. The summed E-state index contributed by atoms with van der Waals surface area (Å²) in [6, 6.07) is 8.95. The van der Waals surface area contributed by atoms with Crippen LogP contribution in [0.1, 0.15) is 56.7 Å². The second-order valence-electron chi connectivity index (χ2n) is 7.52. The molecule has 0 saturated carbocycles. The summed E-state index contributed by atoms with van der Waals surface area (Å²) in [6.45, 7) is 3.82. The van der Waals surface area contributed by atoms with E-state index in [1.807, 2.05) is 6.92 Å². The lowest BCUT2D eigenvalue weighted by atomic mass is 9.95. The maximum absolute atomic E-state index is 12.8. The fourth-order valence-corrected chi connectivity index (χ4v) is 6.10. The molecule has 0 spiro atoms. The molecule has 1 N–H and O–H groups in total. The Bertz CT molecular complexity index is 1270. The average Bonchev–Trinajstić information content (AvgIpc) is 3.39. The van der Waals surface area contributed by atoms with E-state index in [-0.39, 0.29) is 22.4 Å². The molecule has 4 rings (SSSR count). The molecular formula is C23H23NO6S2. The highest BCUT2D eigenvalue weighted by Gasteiger charge is 2.29. The highest BCUT2D eigenvalue weighted by Crippen LogP contribution is 2.39. The summed E-state index contributed by atoms with van der Waals surface area (Å²) in [5.41, 5.74) is 2.25. The Labute approximate surface area is 190 Å². The van der Waals surface area contributed by atoms with Gasteiger partial charge in [0.25, 0.3) is 5.91 Å². The van der Waals surface area contributed by atoms with Crippen LogP contribution in [0.5, 0.6) is 0 Å². The van der Waals surface area contributed by atoms with Crippen LogP contribution in [0.3, 0.4) is 0 Å². The zero-order valence-corrected chi connectivity index (χ0v) is 19.4. The first-order chi connectivity index (χ1) is 15.3. The number of aryl methyl sites for hydroxylation is 2. The van der Waals surface area contributed by atoms with Crippen molar-refractivity contribution in [2.75, 3.05) is 11.9 Å². The number of hydrogen-bond acceptors (Lipinski definition) is 7. The first kappa shape index (κ1) is 22.3. The van der Waals surface area contributed by atoms with E-state index in [1.54, 1.807) is 19.1 Å². The molecule has 9 heteroatoms. The molecule has 1 aliphatic rings. The summed E-state index contributed by atoms with van der Waals surface area (Å²) in [5.74, 6) is -1.25. The fourth-order valence-electron chi connectivity index (χ4n) is 3.66. The number of carbonyl (C=O) groups excluding carboxylic acids is 2. The van der Waals surface area contributed by atoms with E-state index in [0.29, 0.717) is 10.6 Å². The maximum Gasteiger partial charge on any atom is 0.341 e. The Morgan fingerprint density at radius 2 is 1.81 bits per heavy atom. The summed E-state index contributed by atoms with van der Waals surface area (Å²) in [4.78, 5) is 26.5. The number of ether oxygens (including phenoxy) is 1. The van der Waals surface area contributed by atoms with Gasteiger partial charge in [0.1, 0.15) is 5.00 Å². The van der Waals surface area contributed by atoms with Crippen LogP contribution in [0.4, 0.5) is 5.00 Å². The van der Waals surface area contributed by atoms with Crippen LogP contribution in [0, 0.1) is 6.92 Å². The first-order valence-electron chi connectivity index (χ1n) is 10.4. The lowest BCUT2D eigenvalue weighted by Crippen LogP contribution is -2.15. The molecule has 0 radical (unpaired) electrons. The molecule has 0 saturated heterocycles. The van der Waals surface area contributed by atoms with Crippen LogP contribution in [0.25, 0.3) is 0 Å². The van der Waals surface area contributed by atoms with Gasteiger partial charge >= 0.3 is 5.97 Å². The average molecular weight is 474 g/mol. The van der Waals surface area contributed by atoms with Gasteiger partial charge in [-0.15, -0.1) is 11.3 Å².